The number of H-pyrrole nitrogens is 1. The van der Waals surface area contributed by atoms with Crippen molar-refractivity contribution in [1.82, 2.24) is 15.5 Å². The molecule has 20 heavy (non-hydrogen) atoms. The predicted molar refractivity (Wildman–Crippen MR) is 72.9 cm³/mol. The topological polar surface area (TPSA) is 136 Å². The molecule has 0 aliphatic heterocycles. The third kappa shape index (κ3) is 3.23. The predicted octanol–water partition coefficient (Wildman–Crippen LogP) is -0.623. The van der Waals surface area contributed by atoms with E-state index in [1.165, 1.54) is 0 Å². The van der Waals surface area contributed by atoms with Crippen LogP contribution in [0.1, 0.15) is 10.5 Å². The standard InChI is InChI=1S/C12H15N5O3/c13-7-1-2-9-8(5-7)11(17-16-9)12(19)15-3-4-20-6-10(14)18/h1-2,5H,3-4,6,13H2,(H2,14,18)(H,15,19)(H,16,17). The molecule has 1 heterocycles. The van der Waals surface area contributed by atoms with E-state index >= 15 is 0 Å². The number of anilines is 1. The number of fused-ring (bicyclic) bond motifs is 1. The van der Waals surface area contributed by atoms with Crippen LogP contribution in [0.3, 0.4) is 0 Å². The van der Waals surface area contributed by atoms with Gasteiger partial charge in [-0.1, -0.05) is 0 Å². The maximum Gasteiger partial charge on any atom is 0.272 e. The van der Waals surface area contributed by atoms with E-state index in [9.17, 15) is 9.59 Å². The molecule has 2 amide bonds. The molecular formula is C12H15N5O3. The summed E-state index contributed by atoms with van der Waals surface area (Å²) in [5.74, 6) is -0.894. The molecule has 0 atom stereocenters. The summed E-state index contributed by atoms with van der Waals surface area (Å²) in [4.78, 5) is 22.4. The van der Waals surface area contributed by atoms with E-state index in [2.05, 4.69) is 15.5 Å². The molecule has 2 rings (SSSR count). The Morgan fingerprint density at radius 1 is 1.40 bits per heavy atom. The molecule has 2 aromatic rings. The molecule has 1 aromatic heterocycles. The van der Waals surface area contributed by atoms with Crippen molar-refractivity contribution >= 4 is 28.4 Å². The van der Waals surface area contributed by atoms with Crippen LogP contribution in [-0.2, 0) is 9.53 Å². The molecule has 0 spiro atoms. The molecule has 1 aromatic carbocycles. The van der Waals surface area contributed by atoms with E-state index in [4.69, 9.17) is 16.2 Å². The molecule has 6 N–H and O–H groups in total. The Balaban J connectivity index is 1.94. The zero-order valence-corrected chi connectivity index (χ0v) is 10.7. The molecule has 0 bridgehead atoms. The lowest BCUT2D eigenvalue weighted by Crippen LogP contribution is -2.29. The first kappa shape index (κ1) is 13.8. The SMILES string of the molecule is NC(=O)COCCNC(=O)c1n[nH]c2ccc(N)cc12. The van der Waals surface area contributed by atoms with Crippen molar-refractivity contribution in [3.8, 4) is 0 Å². The summed E-state index contributed by atoms with van der Waals surface area (Å²) in [6.07, 6.45) is 0. The van der Waals surface area contributed by atoms with Crippen molar-refractivity contribution in [2.45, 2.75) is 0 Å². The zero-order valence-electron chi connectivity index (χ0n) is 10.7. The third-order valence-electron chi connectivity index (χ3n) is 2.58. The number of hydrogen-bond acceptors (Lipinski definition) is 5. The van der Waals surface area contributed by atoms with Crippen molar-refractivity contribution < 1.29 is 14.3 Å². The fourth-order valence-electron chi connectivity index (χ4n) is 1.70. The van der Waals surface area contributed by atoms with Crippen molar-refractivity contribution in [3.63, 3.8) is 0 Å². The lowest BCUT2D eigenvalue weighted by Gasteiger charge is -2.04. The Labute approximate surface area is 114 Å². The average molecular weight is 277 g/mol. The van der Waals surface area contributed by atoms with Gasteiger partial charge in [-0.25, -0.2) is 0 Å². The molecule has 0 fully saturated rings. The van der Waals surface area contributed by atoms with E-state index in [-0.39, 0.29) is 31.4 Å². The molecule has 0 aliphatic carbocycles. The van der Waals surface area contributed by atoms with Gasteiger partial charge in [-0.05, 0) is 18.2 Å². The summed E-state index contributed by atoms with van der Waals surface area (Å²) in [5, 5.41) is 9.99. The number of nitrogens with one attached hydrogen (secondary N) is 2. The van der Waals surface area contributed by atoms with E-state index in [0.29, 0.717) is 11.1 Å². The highest BCUT2D eigenvalue weighted by Gasteiger charge is 2.13. The van der Waals surface area contributed by atoms with Gasteiger partial charge in [0, 0.05) is 17.6 Å². The summed E-state index contributed by atoms with van der Waals surface area (Å²) >= 11 is 0. The smallest absolute Gasteiger partial charge is 0.272 e. The fraction of sp³-hybridized carbons (Fsp3) is 0.250. The number of nitrogens with zero attached hydrogens (tertiary/aromatic N) is 1. The number of primary amides is 1. The number of benzene rings is 1. The van der Waals surface area contributed by atoms with Gasteiger partial charge in [-0.15, -0.1) is 0 Å². The minimum atomic E-state index is -0.551. The number of carbonyl (C=O) groups is 2. The number of rotatable bonds is 6. The summed E-state index contributed by atoms with van der Waals surface area (Å²) in [6.45, 7) is 0.277. The summed E-state index contributed by atoms with van der Waals surface area (Å²) in [6, 6.07) is 5.15. The van der Waals surface area contributed by atoms with Crippen LogP contribution in [0.25, 0.3) is 10.9 Å². The number of aromatic amines is 1. The average Bonchev–Trinajstić information content (AvgIpc) is 2.80. The number of carbonyl (C=O) groups excluding carboxylic acids is 2. The van der Waals surface area contributed by atoms with Gasteiger partial charge in [0.05, 0.1) is 12.1 Å². The summed E-state index contributed by atoms with van der Waals surface area (Å²) in [7, 11) is 0. The number of nitrogen functional groups attached to an aromatic ring is 1. The molecule has 106 valence electrons. The number of aromatic nitrogens is 2. The van der Waals surface area contributed by atoms with Gasteiger partial charge in [0.1, 0.15) is 6.61 Å². The Morgan fingerprint density at radius 3 is 2.95 bits per heavy atom. The van der Waals surface area contributed by atoms with E-state index in [0.717, 1.165) is 5.52 Å². The summed E-state index contributed by atoms with van der Waals surface area (Å²) in [5.41, 5.74) is 12.1. The Kier molecular flexibility index (Phi) is 4.16. The maximum absolute atomic E-state index is 11.9. The lowest BCUT2D eigenvalue weighted by atomic mass is 10.2. The largest absolute Gasteiger partial charge is 0.399 e. The van der Waals surface area contributed by atoms with E-state index < -0.39 is 5.91 Å². The molecular weight excluding hydrogens is 262 g/mol. The monoisotopic (exact) mass is 277 g/mol. The first-order valence-electron chi connectivity index (χ1n) is 5.96. The Morgan fingerprint density at radius 2 is 2.20 bits per heavy atom. The number of nitrogens with two attached hydrogens (primary N) is 2. The third-order valence-corrected chi connectivity index (χ3v) is 2.58. The Bertz CT molecular complexity index is 637. The second-order valence-corrected chi connectivity index (χ2v) is 4.15. The van der Waals surface area contributed by atoms with Gasteiger partial charge >= 0.3 is 0 Å². The van der Waals surface area contributed by atoms with Gasteiger partial charge in [0.15, 0.2) is 5.69 Å². The highest BCUT2D eigenvalue weighted by atomic mass is 16.5. The van der Waals surface area contributed by atoms with Crippen molar-refractivity contribution in [2.75, 3.05) is 25.5 Å². The van der Waals surface area contributed by atoms with Gasteiger partial charge < -0.3 is 21.5 Å². The summed E-state index contributed by atoms with van der Waals surface area (Å²) < 4.78 is 4.93. The molecule has 0 saturated heterocycles. The molecule has 0 unspecified atom stereocenters. The second kappa shape index (κ2) is 6.02. The van der Waals surface area contributed by atoms with Crippen LogP contribution in [-0.4, -0.2) is 41.8 Å². The van der Waals surface area contributed by atoms with Crippen molar-refractivity contribution in [3.05, 3.63) is 23.9 Å². The van der Waals surface area contributed by atoms with Gasteiger partial charge in [0.25, 0.3) is 5.91 Å². The van der Waals surface area contributed by atoms with Gasteiger partial charge in [0.2, 0.25) is 5.91 Å². The fourth-order valence-corrected chi connectivity index (χ4v) is 1.70. The quantitative estimate of drug-likeness (QED) is 0.412. The number of amides is 2. The first-order chi connectivity index (χ1) is 9.58. The second-order valence-electron chi connectivity index (χ2n) is 4.15. The van der Waals surface area contributed by atoms with Crippen molar-refractivity contribution in [1.29, 1.82) is 0 Å². The minimum Gasteiger partial charge on any atom is -0.399 e. The minimum absolute atomic E-state index is 0.169. The van der Waals surface area contributed by atoms with Crippen LogP contribution < -0.4 is 16.8 Å². The lowest BCUT2D eigenvalue weighted by molar-refractivity contribution is -0.122. The molecule has 8 nitrogen and oxygen atoms in total. The highest BCUT2D eigenvalue weighted by Crippen LogP contribution is 2.18. The van der Waals surface area contributed by atoms with Crippen LogP contribution in [0.2, 0.25) is 0 Å². The van der Waals surface area contributed by atoms with Crippen LogP contribution in [0.5, 0.6) is 0 Å². The van der Waals surface area contributed by atoms with Crippen LogP contribution >= 0.6 is 0 Å². The normalized spacial score (nSPS) is 10.6. The van der Waals surface area contributed by atoms with Gasteiger partial charge in [-0.3, -0.25) is 14.7 Å². The van der Waals surface area contributed by atoms with Crippen molar-refractivity contribution in [2.24, 2.45) is 5.73 Å². The highest BCUT2D eigenvalue weighted by molar-refractivity contribution is 6.05. The molecule has 0 aliphatic rings. The van der Waals surface area contributed by atoms with Gasteiger partial charge in [-0.2, -0.15) is 5.10 Å². The van der Waals surface area contributed by atoms with Crippen LogP contribution in [0.4, 0.5) is 5.69 Å². The molecule has 0 saturated carbocycles. The Hall–Kier alpha value is -2.61. The number of hydrogen-bond donors (Lipinski definition) is 4. The molecule has 0 radical (unpaired) electrons. The molecule has 8 heteroatoms. The van der Waals surface area contributed by atoms with E-state index in [1.54, 1.807) is 18.2 Å². The van der Waals surface area contributed by atoms with Crippen LogP contribution in [0, 0.1) is 0 Å². The first-order valence-corrected chi connectivity index (χ1v) is 5.96. The maximum atomic E-state index is 11.9. The van der Waals surface area contributed by atoms with E-state index in [1.807, 2.05) is 0 Å². The van der Waals surface area contributed by atoms with Crippen LogP contribution in [0.15, 0.2) is 18.2 Å². The number of ether oxygens (including phenoxy) is 1. The zero-order chi connectivity index (χ0) is 14.5.